The van der Waals surface area contributed by atoms with Gasteiger partial charge in [0.2, 0.25) is 5.55 Å². The molecule has 0 aliphatic heterocycles. The lowest BCUT2D eigenvalue weighted by Crippen LogP contribution is -2.20. The van der Waals surface area contributed by atoms with Crippen LogP contribution in [0.3, 0.4) is 0 Å². The Balaban J connectivity index is 2.43. The van der Waals surface area contributed by atoms with Gasteiger partial charge in [-0.15, -0.1) is 11.3 Å². The van der Waals surface area contributed by atoms with E-state index in [0.717, 1.165) is 4.88 Å². The zero-order valence-electron chi connectivity index (χ0n) is 8.73. The summed E-state index contributed by atoms with van der Waals surface area (Å²) in [5.74, 6) is 0. The van der Waals surface area contributed by atoms with Crippen LogP contribution in [0.5, 0.6) is 0 Å². The van der Waals surface area contributed by atoms with Crippen molar-refractivity contribution in [3.8, 4) is 0 Å². The minimum atomic E-state index is -0.389. The molecular weight excluding hydrogens is 226 g/mol. The van der Waals surface area contributed by atoms with Crippen LogP contribution in [-0.2, 0) is 4.74 Å². The molecule has 0 saturated heterocycles. The Morgan fingerprint density at radius 3 is 3.19 bits per heavy atom. The highest BCUT2D eigenvalue weighted by Gasteiger charge is 1.96. The van der Waals surface area contributed by atoms with Gasteiger partial charge in [-0.3, -0.25) is 0 Å². The lowest BCUT2D eigenvalue weighted by molar-refractivity contribution is 0.305. The number of H-pyrrole nitrogens is 1. The van der Waals surface area contributed by atoms with Gasteiger partial charge in [0.25, 0.3) is 0 Å². The lowest BCUT2D eigenvalue weighted by Gasteiger charge is -1.87. The molecule has 2 aromatic heterocycles. The smallest absolute Gasteiger partial charge is 0.361 e. The zero-order chi connectivity index (χ0) is 11.4. The van der Waals surface area contributed by atoms with E-state index in [9.17, 15) is 4.79 Å². The number of ether oxygens (including phenoxy) is 1. The van der Waals surface area contributed by atoms with Crippen molar-refractivity contribution in [2.75, 3.05) is 6.61 Å². The molecule has 1 N–H and O–H groups in total. The second-order valence-corrected chi connectivity index (χ2v) is 4.00. The Morgan fingerprint density at radius 2 is 2.50 bits per heavy atom. The van der Waals surface area contributed by atoms with Crippen molar-refractivity contribution in [1.29, 1.82) is 0 Å². The van der Waals surface area contributed by atoms with Crippen LogP contribution in [0.1, 0.15) is 11.8 Å². The summed E-state index contributed by atoms with van der Waals surface area (Å²) < 4.78 is 9.97. The van der Waals surface area contributed by atoms with Gasteiger partial charge < -0.3 is 14.1 Å². The summed E-state index contributed by atoms with van der Waals surface area (Å²) in [6.07, 6.45) is 3.15. The third kappa shape index (κ3) is 2.43. The van der Waals surface area contributed by atoms with E-state index < -0.39 is 0 Å². The number of thiophene rings is 1. The van der Waals surface area contributed by atoms with Crippen molar-refractivity contribution in [2.45, 2.75) is 6.92 Å². The van der Waals surface area contributed by atoms with E-state index in [1.165, 1.54) is 6.26 Å². The number of aromatic nitrogens is 1. The predicted octanol–water partition coefficient (Wildman–Crippen LogP) is 0.633. The normalized spacial score (nSPS) is 13.3. The summed E-state index contributed by atoms with van der Waals surface area (Å²) in [6, 6.07) is 3.85. The molecule has 0 fully saturated rings. The molecule has 4 nitrogen and oxygen atoms in total. The molecule has 0 radical (unpaired) electrons. The highest BCUT2D eigenvalue weighted by Crippen LogP contribution is 2.07. The van der Waals surface area contributed by atoms with Crippen LogP contribution in [0.2, 0.25) is 0 Å². The first-order chi connectivity index (χ1) is 7.79. The molecule has 0 aliphatic carbocycles. The molecule has 84 valence electrons. The summed E-state index contributed by atoms with van der Waals surface area (Å²) in [7, 11) is 0. The van der Waals surface area contributed by atoms with Crippen LogP contribution < -0.4 is 16.5 Å². The Morgan fingerprint density at radius 1 is 1.62 bits per heavy atom. The largest absolute Gasteiger partial charge is 0.496 e. The molecule has 0 spiro atoms. The van der Waals surface area contributed by atoms with Crippen LogP contribution >= 0.6 is 11.3 Å². The van der Waals surface area contributed by atoms with Gasteiger partial charge in [0.05, 0.1) is 6.61 Å². The molecule has 0 bridgehead atoms. The van der Waals surface area contributed by atoms with Crippen LogP contribution in [0.4, 0.5) is 0 Å². The maximum absolute atomic E-state index is 11.4. The van der Waals surface area contributed by atoms with Crippen molar-refractivity contribution < 1.29 is 9.15 Å². The summed E-state index contributed by atoms with van der Waals surface area (Å²) in [5, 5.41) is 2.37. The maximum Gasteiger partial charge on any atom is 0.361 e. The first kappa shape index (κ1) is 10.8. The third-order valence-electron chi connectivity index (χ3n) is 1.87. The quantitative estimate of drug-likeness (QED) is 0.852. The van der Waals surface area contributed by atoms with Gasteiger partial charge in [0.15, 0.2) is 0 Å². The highest BCUT2D eigenvalue weighted by molar-refractivity contribution is 7.10. The van der Waals surface area contributed by atoms with Crippen LogP contribution in [-0.4, -0.2) is 11.6 Å². The summed E-state index contributed by atoms with van der Waals surface area (Å²) in [6.45, 7) is 2.39. The summed E-state index contributed by atoms with van der Waals surface area (Å²) in [4.78, 5) is 15.3. The number of hydrogen-bond donors (Lipinski definition) is 1. The first-order valence-corrected chi connectivity index (χ1v) is 5.73. The van der Waals surface area contributed by atoms with Crippen molar-refractivity contribution in [3.05, 3.63) is 43.7 Å². The SMILES string of the molecule is CCOC=c1[nH]c(=Cc2cccs2)c(=O)o1. The maximum atomic E-state index is 11.4. The molecule has 2 heterocycles. The average Bonchev–Trinajstić information content (AvgIpc) is 2.87. The number of hydrogen-bond acceptors (Lipinski definition) is 4. The predicted molar refractivity (Wildman–Crippen MR) is 62.6 cm³/mol. The van der Waals surface area contributed by atoms with Crippen molar-refractivity contribution in [1.82, 2.24) is 4.98 Å². The van der Waals surface area contributed by atoms with Crippen LogP contribution in [0.15, 0.2) is 26.7 Å². The molecule has 0 aliphatic rings. The number of aromatic amines is 1. The molecule has 2 aromatic rings. The monoisotopic (exact) mass is 237 g/mol. The van der Waals surface area contributed by atoms with Crippen LogP contribution in [0.25, 0.3) is 12.3 Å². The van der Waals surface area contributed by atoms with Gasteiger partial charge in [-0.25, -0.2) is 4.79 Å². The topological polar surface area (TPSA) is 55.2 Å². The van der Waals surface area contributed by atoms with E-state index in [0.29, 0.717) is 17.5 Å². The number of oxazole rings is 1. The average molecular weight is 237 g/mol. The zero-order valence-corrected chi connectivity index (χ0v) is 9.54. The Labute approximate surface area is 95.5 Å². The minimum absolute atomic E-state index is 0.328. The molecule has 0 atom stereocenters. The summed E-state index contributed by atoms with van der Waals surface area (Å²) >= 11 is 1.56. The molecule has 0 aromatic carbocycles. The Hall–Kier alpha value is -1.75. The fourth-order valence-corrected chi connectivity index (χ4v) is 1.84. The number of nitrogens with one attached hydrogen (secondary N) is 1. The molecule has 0 saturated carbocycles. The van der Waals surface area contributed by atoms with Gasteiger partial charge in [0, 0.05) is 4.88 Å². The Bertz CT molecular complexity index is 606. The molecule has 0 amide bonds. The van der Waals surface area contributed by atoms with Gasteiger partial charge >= 0.3 is 5.63 Å². The van der Waals surface area contributed by atoms with Crippen molar-refractivity contribution in [2.24, 2.45) is 0 Å². The van der Waals surface area contributed by atoms with E-state index in [4.69, 9.17) is 9.15 Å². The fourth-order valence-electron chi connectivity index (χ4n) is 1.19. The number of rotatable bonds is 3. The molecule has 16 heavy (non-hydrogen) atoms. The molecule has 0 unspecified atom stereocenters. The second-order valence-electron chi connectivity index (χ2n) is 3.03. The minimum Gasteiger partial charge on any atom is -0.496 e. The van der Waals surface area contributed by atoms with Gasteiger partial charge in [-0.1, -0.05) is 6.07 Å². The standard InChI is InChI=1S/C11H11NO3S/c1-2-14-7-10-12-9(11(13)15-10)6-8-4-3-5-16-8/h3-7,12H,2H2,1H3. The van der Waals surface area contributed by atoms with Crippen molar-refractivity contribution in [3.63, 3.8) is 0 Å². The van der Waals surface area contributed by atoms with E-state index in [1.807, 2.05) is 24.4 Å². The molecular formula is C11H11NO3S. The molecule has 2 rings (SSSR count). The van der Waals surface area contributed by atoms with Gasteiger partial charge in [-0.2, -0.15) is 0 Å². The van der Waals surface area contributed by atoms with E-state index >= 15 is 0 Å². The van der Waals surface area contributed by atoms with E-state index in [1.54, 1.807) is 17.4 Å². The highest BCUT2D eigenvalue weighted by atomic mass is 32.1. The summed E-state index contributed by atoms with van der Waals surface area (Å²) in [5.41, 5.74) is -0.0611. The lowest BCUT2D eigenvalue weighted by atomic mass is 10.4. The third-order valence-corrected chi connectivity index (χ3v) is 2.69. The van der Waals surface area contributed by atoms with Gasteiger partial charge in [-0.05, 0) is 24.4 Å². The fraction of sp³-hybridized carbons (Fsp3) is 0.182. The van der Waals surface area contributed by atoms with Crippen LogP contribution in [0, 0.1) is 0 Å². The van der Waals surface area contributed by atoms with E-state index in [-0.39, 0.29) is 5.63 Å². The first-order valence-electron chi connectivity index (χ1n) is 4.86. The van der Waals surface area contributed by atoms with E-state index in [2.05, 4.69) is 4.98 Å². The van der Waals surface area contributed by atoms with Crippen molar-refractivity contribution >= 4 is 23.7 Å². The van der Waals surface area contributed by atoms with Gasteiger partial charge in [0.1, 0.15) is 11.6 Å². The Kier molecular flexibility index (Phi) is 3.26. The second kappa shape index (κ2) is 4.85. The molecule has 5 heteroatoms.